The van der Waals surface area contributed by atoms with E-state index in [1.807, 2.05) is 12.1 Å². The van der Waals surface area contributed by atoms with Gasteiger partial charge in [0.1, 0.15) is 17.5 Å². The number of rotatable bonds is 4. The van der Waals surface area contributed by atoms with Crippen LogP contribution in [0.25, 0.3) is 11.3 Å². The molecule has 0 atom stereocenters. The van der Waals surface area contributed by atoms with E-state index in [0.29, 0.717) is 22.8 Å². The van der Waals surface area contributed by atoms with Gasteiger partial charge in [-0.1, -0.05) is 6.07 Å². The molecule has 2 aliphatic rings. The number of nitrogens with zero attached hydrogens (tertiary/aromatic N) is 4. The molecule has 2 N–H and O–H groups in total. The van der Waals surface area contributed by atoms with E-state index >= 15 is 0 Å². The first-order valence-electron chi connectivity index (χ1n) is 11.7. The van der Waals surface area contributed by atoms with Crippen LogP contribution >= 0.6 is 0 Å². The number of nitrogens with one attached hydrogen (secondary N) is 2. The predicted molar refractivity (Wildman–Crippen MR) is 132 cm³/mol. The van der Waals surface area contributed by atoms with Gasteiger partial charge in [0.25, 0.3) is 5.91 Å². The molecule has 1 saturated heterocycles. The summed E-state index contributed by atoms with van der Waals surface area (Å²) in [4.78, 5) is 26.1. The molecule has 1 fully saturated rings. The monoisotopic (exact) mass is 478 g/mol. The number of piperazine rings is 1. The summed E-state index contributed by atoms with van der Waals surface area (Å²) in [5.74, 6) is -1.19. The van der Waals surface area contributed by atoms with Gasteiger partial charge in [-0.25, -0.2) is 18.7 Å². The Morgan fingerprint density at radius 3 is 2.34 bits per heavy atom. The summed E-state index contributed by atoms with van der Waals surface area (Å²) < 4.78 is 28.9. The van der Waals surface area contributed by atoms with Crippen LogP contribution in [0.1, 0.15) is 36.8 Å². The smallest absolute Gasteiger partial charge is 0.255 e. The zero-order valence-electron chi connectivity index (χ0n) is 20.0. The molecule has 1 amide bonds. The van der Waals surface area contributed by atoms with Crippen LogP contribution in [0.4, 0.5) is 26.0 Å². The van der Waals surface area contributed by atoms with Crippen molar-refractivity contribution in [3.8, 4) is 11.3 Å². The Balaban J connectivity index is 1.40. The summed E-state index contributed by atoms with van der Waals surface area (Å²) in [5.41, 5.74) is 2.26. The van der Waals surface area contributed by atoms with Crippen LogP contribution in [0.3, 0.4) is 0 Å². The third-order valence-electron chi connectivity index (χ3n) is 6.56. The predicted octanol–water partition coefficient (Wildman–Crippen LogP) is 4.33. The maximum absolute atomic E-state index is 14.4. The molecule has 7 nitrogen and oxygen atoms in total. The Morgan fingerprint density at radius 1 is 1.00 bits per heavy atom. The SMILES string of the molecule is CC(C)(C)N1CCN(c2ccc(Nc3cc(-c4c(F)cccc4F)nc4c3C(=O)NC4)nc2)CC1. The fourth-order valence-corrected chi connectivity index (χ4v) is 4.62. The first kappa shape index (κ1) is 23.2. The number of fused-ring (bicyclic) bond motifs is 1. The standard InChI is InChI=1S/C26H28F2N6O/c1-26(2,3)34-11-9-33(10-12-34)16-7-8-22(29-14-16)32-20-13-19(23-17(27)5-4-6-18(23)28)31-21-15-30-25(35)24(20)21/h4-8,13-14H,9-12,15H2,1-3H3,(H,30,35)(H,29,31,32). The molecule has 3 aromatic rings. The molecule has 0 spiro atoms. The maximum atomic E-state index is 14.4. The van der Waals surface area contributed by atoms with Gasteiger partial charge >= 0.3 is 0 Å². The van der Waals surface area contributed by atoms with E-state index in [9.17, 15) is 13.6 Å². The van der Waals surface area contributed by atoms with Crippen LogP contribution in [-0.2, 0) is 6.54 Å². The van der Waals surface area contributed by atoms with E-state index in [1.54, 1.807) is 6.20 Å². The van der Waals surface area contributed by atoms with Gasteiger partial charge in [0.15, 0.2) is 0 Å². The van der Waals surface area contributed by atoms with Crippen LogP contribution in [0.15, 0.2) is 42.6 Å². The van der Waals surface area contributed by atoms with Crippen molar-refractivity contribution in [2.45, 2.75) is 32.9 Å². The molecule has 0 unspecified atom stereocenters. The van der Waals surface area contributed by atoms with Gasteiger partial charge < -0.3 is 15.5 Å². The highest BCUT2D eigenvalue weighted by atomic mass is 19.1. The number of benzene rings is 1. The normalized spacial score (nSPS) is 16.3. The summed E-state index contributed by atoms with van der Waals surface area (Å²) >= 11 is 0. The van der Waals surface area contributed by atoms with Gasteiger partial charge in [-0.2, -0.15) is 0 Å². The molecule has 9 heteroatoms. The van der Waals surface area contributed by atoms with Crippen molar-refractivity contribution in [3.63, 3.8) is 0 Å². The zero-order valence-corrected chi connectivity index (χ0v) is 20.0. The second-order valence-electron chi connectivity index (χ2n) is 9.83. The fraction of sp³-hybridized carbons (Fsp3) is 0.346. The maximum Gasteiger partial charge on any atom is 0.255 e. The molecule has 0 radical (unpaired) electrons. The van der Waals surface area contributed by atoms with E-state index in [2.05, 4.69) is 51.2 Å². The van der Waals surface area contributed by atoms with Crippen molar-refractivity contribution in [1.29, 1.82) is 0 Å². The quantitative estimate of drug-likeness (QED) is 0.582. The Hall–Kier alpha value is -3.59. The molecule has 2 aliphatic heterocycles. The Morgan fingerprint density at radius 2 is 1.71 bits per heavy atom. The third-order valence-corrected chi connectivity index (χ3v) is 6.56. The number of amides is 1. The highest BCUT2D eigenvalue weighted by molar-refractivity contribution is 6.04. The van der Waals surface area contributed by atoms with Crippen LogP contribution in [0.2, 0.25) is 0 Å². The van der Waals surface area contributed by atoms with Gasteiger partial charge in [0.05, 0.1) is 46.6 Å². The highest BCUT2D eigenvalue weighted by Crippen LogP contribution is 2.33. The molecule has 0 bridgehead atoms. The molecule has 35 heavy (non-hydrogen) atoms. The lowest BCUT2D eigenvalue weighted by molar-refractivity contribution is 0.0966. The first-order chi connectivity index (χ1) is 16.7. The van der Waals surface area contributed by atoms with Crippen LogP contribution in [0.5, 0.6) is 0 Å². The number of carbonyl (C=O) groups is 1. The first-order valence-corrected chi connectivity index (χ1v) is 11.7. The van der Waals surface area contributed by atoms with Crippen molar-refractivity contribution in [3.05, 3.63) is 65.5 Å². The molecule has 2 aromatic heterocycles. The number of hydrogen-bond donors (Lipinski definition) is 2. The minimum Gasteiger partial charge on any atom is -0.368 e. The van der Waals surface area contributed by atoms with E-state index < -0.39 is 11.6 Å². The minimum absolute atomic E-state index is 0.117. The number of anilines is 3. The summed E-state index contributed by atoms with van der Waals surface area (Å²) in [5, 5.41) is 5.88. The van der Waals surface area contributed by atoms with Gasteiger partial charge in [-0.15, -0.1) is 0 Å². The van der Waals surface area contributed by atoms with Crippen LogP contribution in [0, 0.1) is 11.6 Å². The van der Waals surface area contributed by atoms with Crippen molar-refractivity contribution in [1.82, 2.24) is 20.2 Å². The Bertz CT molecular complexity index is 1240. The van der Waals surface area contributed by atoms with Gasteiger partial charge in [-0.3, -0.25) is 9.69 Å². The number of hydrogen-bond acceptors (Lipinski definition) is 6. The number of halogens is 2. The fourth-order valence-electron chi connectivity index (χ4n) is 4.62. The van der Waals surface area contributed by atoms with E-state index in [4.69, 9.17) is 0 Å². The van der Waals surface area contributed by atoms with Crippen molar-refractivity contribution < 1.29 is 13.6 Å². The van der Waals surface area contributed by atoms with Gasteiger partial charge in [0.2, 0.25) is 0 Å². The second kappa shape index (κ2) is 8.88. The lowest BCUT2D eigenvalue weighted by Crippen LogP contribution is -2.53. The lowest BCUT2D eigenvalue weighted by atomic mass is 10.0. The molecular formula is C26H28F2N6O. The summed E-state index contributed by atoms with van der Waals surface area (Å²) in [6.07, 6.45) is 1.80. The summed E-state index contributed by atoms with van der Waals surface area (Å²) in [6, 6.07) is 9.00. The summed E-state index contributed by atoms with van der Waals surface area (Å²) in [6.45, 7) is 10.7. The molecule has 5 rings (SSSR count). The van der Waals surface area contributed by atoms with E-state index in [1.165, 1.54) is 24.3 Å². The van der Waals surface area contributed by atoms with Gasteiger partial charge in [-0.05, 0) is 51.1 Å². The lowest BCUT2D eigenvalue weighted by Gasteiger charge is -2.42. The average molecular weight is 479 g/mol. The second-order valence-corrected chi connectivity index (χ2v) is 9.83. The van der Waals surface area contributed by atoms with Crippen molar-refractivity contribution >= 4 is 23.1 Å². The highest BCUT2D eigenvalue weighted by Gasteiger charge is 2.28. The topological polar surface area (TPSA) is 73.4 Å². The Labute approximate surface area is 203 Å². The minimum atomic E-state index is -0.713. The Kier molecular flexibility index (Phi) is 5.88. The number of carbonyl (C=O) groups excluding carboxylic acids is 1. The molecule has 1 aromatic carbocycles. The van der Waals surface area contributed by atoms with Crippen molar-refractivity contribution in [2.75, 3.05) is 36.4 Å². The molecule has 0 saturated carbocycles. The van der Waals surface area contributed by atoms with Gasteiger partial charge in [0, 0.05) is 31.7 Å². The molecule has 0 aliphatic carbocycles. The number of aromatic nitrogens is 2. The molecule has 4 heterocycles. The van der Waals surface area contributed by atoms with Crippen LogP contribution < -0.4 is 15.5 Å². The largest absolute Gasteiger partial charge is 0.368 e. The molecular weight excluding hydrogens is 450 g/mol. The zero-order chi connectivity index (χ0) is 24.7. The van der Waals surface area contributed by atoms with Crippen molar-refractivity contribution in [2.24, 2.45) is 0 Å². The average Bonchev–Trinajstić information content (AvgIpc) is 3.20. The van der Waals surface area contributed by atoms with E-state index in [0.717, 1.165) is 31.9 Å². The molecule has 182 valence electrons. The summed E-state index contributed by atoms with van der Waals surface area (Å²) in [7, 11) is 0. The van der Waals surface area contributed by atoms with E-state index in [-0.39, 0.29) is 29.2 Å². The number of pyridine rings is 2. The van der Waals surface area contributed by atoms with Crippen LogP contribution in [-0.4, -0.2) is 52.5 Å². The third kappa shape index (κ3) is 4.55.